The second kappa shape index (κ2) is 7.86. The van der Waals surface area contributed by atoms with Crippen LogP contribution in [0.5, 0.6) is 11.5 Å². The van der Waals surface area contributed by atoms with E-state index < -0.39 is 6.04 Å². The molecule has 0 saturated carbocycles. The number of nitrogens with one attached hydrogen (secondary N) is 1. The summed E-state index contributed by atoms with van der Waals surface area (Å²) >= 11 is 0. The van der Waals surface area contributed by atoms with E-state index in [1.165, 1.54) is 12.1 Å². The van der Waals surface area contributed by atoms with Crippen molar-refractivity contribution in [2.75, 3.05) is 19.1 Å². The van der Waals surface area contributed by atoms with Crippen LogP contribution in [0.4, 0.5) is 20.7 Å². The number of halogens is 1. The molecule has 176 valence electrons. The molecule has 0 unspecified atom stereocenters. The van der Waals surface area contributed by atoms with Gasteiger partial charge in [-0.2, -0.15) is 5.10 Å². The molecule has 0 bridgehead atoms. The lowest BCUT2D eigenvalue weighted by Crippen LogP contribution is -2.42. The highest BCUT2D eigenvalue weighted by molar-refractivity contribution is 6.18. The van der Waals surface area contributed by atoms with Crippen molar-refractivity contribution in [2.45, 2.75) is 38.3 Å². The fraction of sp³-hybridized carbons (Fsp3) is 0.320. The number of hydrogen-bond donors (Lipinski definition) is 1. The summed E-state index contributed by atoms with van der Waals surface area (Å²) in [6.45, 7) is 6.15. The second-order valence-electron chi connectivity index (χ2n) is 9.32. The predicted molar refractivity (Wildman–Crippen MR) is 127 cm³/mol. The van der Waals surface area contributed by atoms with Crippen molar-refractivity contribution in [3.8, 4) is 11.5 Å². The summed E-state index contributed by atoms with van der Waals surface area (Å²) in [4.78, 5) is 19.6. The molecule has 0 radical (unpaired) electrons. The summed E-state index contributed by atoms with van der Waals surface area (Å²) in [6.07, 6.45) is 1.81. The maximum Gasteiger partial charge on any atom is 0.328 e. The molecule has 5 rings (SSSR count). The maximum absolute atomic E-state index is 13.6. The van der Waals surface area contributed by atoms with Crippen molar-refractivity contribution >= 4 is 23.4 Å². The number of hydrogen-bond acceptors (Lipinski definition) is 5. The molecular formula is C25H26FN5O3. The van der Waals surface area contributed by atoms with Gasteiger partial charge in [0.2, 0.25) is 0 Å². The first-order valence-corrected chi connectivity index (χ1v) is 11.0. The molecule has 2 atom stereocenters. The van der Waals surface area contributed by atoms with Crippen LogP contribution in [0.15, 0.2) is 53.7 Å². The number of carbonyl (C=O) groups is 1. The van der Waals surface area contributed by atoms with Crippen molar-refractivity contribution in [2.24, 2.45) is 4.99 Å². The van der Waals surface area contributed by atoms with E-state index in [1.807, 2.05) is 29.1 Å². The maximum atomic E-state index is 13.6. The van der Waals surface area contributed by atoms with Gasteiger partial charge in [0.15, 0.2) is 17.3 Å². The van der Waals surface area contributed by atoms with Crippen molar-refractivity contribution in [3.05, 3.63) is 65.6 Å². The van der Waals surface area contributed by atoms with E-state index in [0.29, 0.717) is 28.8 Å². The highest BCUT2D eigenvalue weighted by Crippen LogP contribution is 2.46. The minimum absolute atomic E-state index is 0.303. The lowest BCUT2D eigenvalue weighted by atomic mass is 9.83. The molecule has 2 aliphatic heterocycles. The Morgan fingerprint density at radius 2 is 1.74 bits per heavy atom. The molecule has 2 aromatic carbocycles. The third-order valence-corrected chi connectivity index (χ3v) is 6.17. The number of methoxy groups -OCH3 is 2. The van der Waals surface area contributed by atoms with Crippen LogP contribution >= 0.6 is 0 Å². The highest BCUT2D eigenvalue weighted by atomic mass is 19.1. The fourth-order valence-electron chi connectivity index (χ4n) is 4.64. The molecule has 34 heavy (non-hydrogen) atoms. The van der Waals surface area contributed by atoms with Gasteiger partial charge in [-0.05, 0) is 62.7 Å². The Morgan fingerprint density at radius 3 is 2.38 bits per heavy atom. The first-order chi connectivity index (χ1) is 16.2. The van der Waals surface area contributed by atoms with Crippen molar-refractivity contribution < 1.29 is 18.7 Å². The molecule has 2 aliphatic rings. The lowest BCUT2D eigenvalue weighted by Gasteiger charge is -2.34. The number of amidine groups is 1. The molecule has 8 nitrogen and oxygen atoms in total. The molecule has 2 amide bonds. The number of amides is 2. The van der Waals surface area contributed by atoms with Crippen LogP contribution in [0.1, 0.15) is 37.8 Å². The third-order valence-electron chi connectivity index (χ3n) is 6.17. The van der Waals surface area contributed by atoms with E-state index >= 15 is 0 Å². The zero-order chi connectivity index (χ0) is 24.2. The van der Waals surface area contributed by atoms with Crippen LogP contribution in [-0.2, 0) is 5.54 Å². The number of carbonyl (C=O) groups excluding carboxylic acids is 1. The van der Waals surface area contributed by atoms with E-state index in [0.717, 1.165) is 11.1 Å². The van der Waals surface area contributed by atoms with E-state index in [1.54, 1.807) is 31.3 Å². The van der Waals surface area contributed by atoms with Gasteiger partial charge in [0.05, 0.1) is 26.0 Å². The van der Waals surface area contributed by atoms with Crippen LogP contribution in [0.2, 0.25) is 0 Å². The monoisotopic (exact) mass is 463 g/mol. The number of urea groups is 1. The Kier molecular flexibility index (Phi) is 5.07. The first kappa shape index (κ1) is 21.9. The lowest BCUT2D eigenvalue weighted by molar-refractivity contribution is 0.252. The molecule has 1 aromatic heterocycles. The Balaban J connectivity index is 1.72. The van der Waals surface area contributed by atoms with Gasteiger partial charge in [0.25, 0.3) is 0 Å². The molecule has 3 heterocycles. The minimum atomic E-state index is -0.471. The molecule has 0 spiro atoms. The van der Waals surface area contributed by atoms with Gasteiger partial charge in [0, 0.05) is 17.2 Å². The smallest absolute Gasteiger partial charge is 0.328 e. The van der Waals surface area contributed by atoms with E-state index in [2.05, 4.69) is 31.2 Å². The number of benzene rings is 2. The van der Waals surface area contributed by atoms with Gasteiger partial charge in [-0.3, -0.25) is 10.2 Å². The standard InChI is InChI=1S/C25H26FN5O3/c1-25(2,3)31-23-17(13-27-31)20(14-6-11-18(33-4)19(12-14)34-5)21-22(28-23)29-24(32)30(21)16-9-7-15(26)8-10-16/h6-13,20-21H,1-5H3,(H,28,29,32)/t20-,21-/m1/s1. The Labute approximate surface area is 197 Å². The summed E-state index contributed by atoms with van der Waals surface area (Å²) in [5.74, 6) is 1.73. The number of anilines is 1. The molecule has 3 aromatic rings. The molecule has 1 fully saturated rings. The highest BCUT2D eigenvalue weighted by Gasteiger charge is 2.48. The van der Waals surface area contributed by atoms with Gasteiger partial charge >= 0.3 is 6.03 Å². The topological polar surface area (TPSA) is 81.0 Å². The van der Waals surface area contributed by atoms with Crippen molar-refractivity contribution in [1.29, 1.82) is 0 Å². The average Bonchev–Trinajstić information content (AvgIpc) is 3.38. The fourth-order valence-corrected chi connectivity index (χ4v) is 4.64. The summed E-state index contributed by atoms with van der Waals surface area (Å²) < 4.78 is 26.5. The summed E-state index contributed by atoms with van der Waals surface area (Å²) in [7, 11) is 3.17. The van der Waals surface area contributed by atoms with Gasteiger partial charge in [-0.15, -0.1) is 0 Å². The Bertz CT molecular complexity index is 1290. The normalized spacial score (nSPS) is 19.3. The molecule has 0 aliphatic carbocycles. The summed E-state index contributed by atoms with van der Waals surface area (Å²) in [5.41, 5.74) is 2.06. The summed E-state index contributed by atoms with van der Waals surface area (Å²) in [6, 6.07) is 10.8. The number of aliphatic imine (C=N–C) groups is 1. The van der Waals surface area contributed by atoms with Crippen LogP contribution in [0.25, 0.3) is 0 Å². The van der Waals surface area contributed by atoms with Gasteiger partial charge < -0.3 is 9.47 Å². The van der Waals surface area contributed by atoms with Gasteiger partial charge in [-0.1, -0.05) is 6.07 Å². The zero-order valence-corrected chi connectivity index (χ0v) is 19.7. The van der Waals surface area contributed by atoms with E-state index in [9.17, 15) is 9.18 Å². The number of aromatic nitrogens is 2. The van der Waals surface area contributed by atoms with Crippen LogP contribution in [0, 0.1) is 5.82 Å². The molecular weight excluding hydrogens is 437 g/mol. The Hall–Kier alpha value is -3.88. The number of fused-ring (bicyclic) bond motifs is 2. The molecule has 9 heteroatoms. The largest absolute Gasteiger partial charge is 0.493 e. The molecule has 1 N–H and O–H groups in total. The number of rotatable bonds is 4. The quantitative estimate of drug-likeness (QED) is 0.615. The number of ether oxygens (including phenoxy) is 2. The zero-order valence-electron chi connectivity index (χ0n) is 19.7. The third kappa shape index (κ3) is 3.39. The van der Waals surface area contributed by atoms with Crippen LogP contribution in [-0.4, -0.2) is 41.9 Å². The Morgan fingerprint density at radius 1 is 1.03 bits per heavy atom. The van der Waals surface area contributed by atoms with Crippen LogP contribution < -0.4 is 19.7 Å². The second-order valence-corrected chi connectivity index (χ2v) is 9.32. The van der Waals surface area contributed by atoms with E-state index in [4.69, 9.17) is 14.5 Å². The molecule has 1 saturated heterocycles. The number of nitrogens with zero attached hydrogens (tertiary/aromatic N) is 4. The van der Waals surface area contributed by atoms with Crippen molar-refractivity contribution in [1.82, 2.24) is 15.1 Å². The van der Waals surface area contributed by atoms with Gasteiger partial charge in [0.1, 0.15) is 17.7 Å². The predicted octanol–water partition coefficient (Wildman–Crippen LogP) is 4.57. The van der Waals surface area contributed by atoms with Crippen LogP contribution in [0.3, 0.4) is 0 Å². The first-order valence-electron chi connectivity index (χ1n) is 11.0. The van der Waals surface area contributed by atoms with Crippen molar-refractivity contribution in [3.63, 3.8) is 0 Å². The average molecular weight is 464 g/mol. The van der Waals surface area contributed by atoms with Gasteiger partial charge in [-0.25, -0.2) is 18.9 Å². The van der Waals surface area contributed by atoms with E-state index in [-0.39, 0.29) is 23.3 Å². The summed E-state index contributed by atoms with van der Waals surface area (Å²) in [5, 5.41) is 7.58. The SMILES string of the molecule is COc1ccc([C@@H]2c3cnn(C(C)(C)C)c3N=C3NC(=O)N(c4ccc(F)cc4)[C@@H]32)cc1OC. The minimum Gasteiger partial charge on any atom is -0.493 e.